The van der Waals surface area contributed by atoms with Crippen LogP contribution < -0.4 is 0 Å². The molecule has 0 aromatic heterocycles. The maximum atomic E-state index is 2.49. The number of hydrogen-bond acceptors (Lipinski definition) is 0. The number of rotatable bonds is 0. The third-order valence-electron chi connectivity index (χ3n) is 4.46. The monoisotopic (exact) mass is 206 g/mol. The molecule has 0 amide bonds. The molecule has 2 rings (SSSR count). The Balaban J connectivity index is 2.33. The Labute approximate surface area is 95.1 Å². The standard InChI is InChI=1S/C15H26/c1-14(2,3)12-10-7-8-11(9-10)13(12)15(4,5)6/h7-8,10-13H,9H2,1-6H3/t10-,11+,12+,13-. The van der Waals surface area contributed by atoms with Gasteiger partial charge in [0.2, 0.25) is 0 Å². The van der Waals surface area contributed by atoms with E-state index in [0.29, 0.717) is 10.8 Å². The summed E-state index contributed by atoms with van der Waals surface area (Å²) in [7, 11) is 0. The molecular formula is C15H26. The molecule has 0 nitrogen and oxygen atoms in total. The molecular weight excluding hydrogens is 180 g/mol. The SMILES string of the molecule is CC(C)(C)[C@@H]1[C@H](C(C)(C)C)[C@H]2C=C[C@@H]1C2. The van der Waals surface area contributed by atoms with Gasteiger partial charge in [-0.3, -0.25) is 0 Å². The van der Waals surface area contributed by atoms with E-state index < -0.39 is 0 Å². The van der Waals surface area contributed by atoms with E-state index in [2.05, 4.69) is 53.7 Å². The summed E-state index contributed by atoms with van der Waals surface area (Å²) in [5.74, 6) is 3.48. The zero-order chi connectivity index (χ0) is 11.4. The molecule has 0 unspecified atom stereocenters. The second-order valence-electron chi connectivity index (χ2n) is 7.73. The first-order valence-electron chi connectivity index (χ1n) is 6.39. The maximum absolute atomic E-state index is 2.49. The summed E-state index contributed by atoms with van der Waals surface area (Å²) in [6, 6.07) is 0. The molecule has 0 saturated heterocycles. The Hall–Kier alpha value is -0.260. The van der Waals surface area contributed by atoms with E-state index in [9.17, 15) is 0 Å². The minimum absolute atomic E-state index is 0.460. The number of allylic oxidation sites excluding steroid dienone is 2. The highest BCUT2D eigenvalue weighted by Crippen LogP contribution is 2.59. The van der Waals surface area contributed by atoms with E-state index in [0.717, 1.165) is 23.7 Å². The molecule has 0 radical (unpaired) electrons. The highest BCUT2D eigenvalue weighted by atomic mass is 14.6. The van der Waals surface area contributed by atoms with Crippen LogP contribution in [0.2, 0.25) is 0 Å². The molecule has 0 aromatic rings. The quantitative estimate of drug-likeness (QED) is 0.511. The Kier molecular flexibility index (Phi) is 2.34. The van der Waals surface area contributed by atoms with Crippen molar-refractivity contribution in [2.75, 3.05) is 0 Å². The summed E-state index contributed by atoms with van der Waals surface area (Å²) < 4.78 is 0. The molecule has 2 bridgehead atoms. The third kappa shape index (κ3) is 1.77. The average Bonchev–Trinajstić information content (AvgIpc) is 2.56. The molecule has 0 heteroatoms. The molecule has 2 aliphatic rings. The minimum atomic E-state index is 0.460. The van der Waals surface area contributed by atoms with E-state index in [-0.39, 0.29) is 0 Å². The van der Waals surface area contributed by atoms with E-state index in [1.54, 1.807) is 0 Å². The van der Waals surface area contributed by atoms with E-state index in [1.165, 1.54) is 6.42 Å². The Morgan fingerprint density at radius 1 is 0.733 bits per heavy atom. The van der Waals surface area contributed by atoms with Gasteiger partial charge in [-0.15, -0.1) is 0 Å². The summed E-state index contributed by atoms with van der Waals surface area (Å²) in [5.41, 5.74) is 0.921. The molecule has 15 heavy (non-hydrogen) atoms. The molecule has 4 atom stereocenters. The van der Waals surface area contributed by atoms with Gasteiger partial charge in [0.05, 0.1) is 0 Å². The first-order chi connectivity index (χ1) is 6.71. The van der Waals surface area contributed by atoms with Gasteiger partial charge in [-0.2, -0.15) is 0 Å². The molecule has 0 spiro atoms. The van der Waals surface area contributed by atoms with Crippen LogP contribution in [0.25, 0.3) is 0 Å². The lowest BCUT2D eigenvalue weighted by atomic mass is 9.60. The molecule has 1 fully saturated rings. The smallest absolute Gasteiger partial charge is 0.0191 e. The first kappa shape index (κ1) is 11.2. The highest BCUT2D eigenvalue weighted by molar-refractivity contribution is 5.17. The number of hydrogen-bond donors (Lipinski definition) is 0. The van der Waals surface area contributed by atoms with Crippen LogP contribution in [0, 0.1) is 34.5 Å². The Morgan fingerprint density at radius 3 is 1.33 bits per heavy atom. The zero-order valence-electron chi connectivity index (χ0n) is 11.2. The van der Waals surface area contributed by atoms with Gasteiger partial charge in [-0.05, 0) is 40.9 Å². The highest BCUT2D eigenvalue weighted by Gasteiger charge is 2.52. The second-order valence-corrected chi connectivity index (χ2v) is 7.73. The predicted molar refractivity (Wildman–Crippen MR) is 66.6 cm³/mol. The van der Waals surface area contributed by atoms with Crippen molar-refractivity contribution in [2.24, 2.45) is 34.5 Å². The van der Waals surface area contributed by atoms with Crippen molar-refractivity contribution in [3.63, 3.8) is 0 Å². The van der Waals surface area contributed by atoms with Crippen LogP contribution >= 0.6 is 0 Å². The van der Waals surface area contributed by atoms with Crippen LogP contribution in [0.3, 0.4) is 0 Å². The Morgan fingerprint density at radius 2 is 1.07 bits per heavy atom. The molecule has 0 heterocycles. The largest absolute Gasteiger partial charge is 0.0848 e. The lowest BCUT2D eigenvalue weighted by Crippen LogP contribution is -2.38. The summed E-state index contributed by atoms with van der Waals surface area (Å²) in [6.45, 7) is 14.5. The van der Waals surface area contributed by atoms with Crippen molar-refractivity contribution >= 4 is 0 Å². The van der Waals surface area contributed by atoms with E-state index >= 15 is 0 Å². The van der Waals surface area contributed by atoms with Crippen molar-refractivity contribution in [1.82, 2.24) is 0 Å². The van der Waals surface area contributed by atoms with Gasteiger partial charge >= 0.3 is 0 Å². The van der Waals surface area contributed by atoms with E-state index in [4.69, 9.17) is 0 Å². The first-order valence-corrected chi connectivity index (χ1v) is 6.39. The Bertz CT molecular complexity index is 243. The third-order valence-corrected chi connectivity index (χ3v) is 4.46. The predicted octanol–water partition coefficient (Wildman–Crippen LogP) is 4.52. The van der Waals surface area contributed by atoms with Gasteiger partial charge in [0.1, 0.15) is 0 Å². The van der Waals surface area contributed by atoms with E-state index in [1.807, 2.05) is 0 Å². The van der Waals surface area contributed by atoms with Crippen LogP contribution in [-0.2, 0) is 0 Å². The lowest BCUT2D eigenvalue weighted by molar-refractivity contribution is 0.0622. The lowest BCUT2D eigenvalue weighted by Gasteiger charge is -2.44. The number of fused-ring (bicyclic) bond motifs is 2. The van der Waals surface area contributed by atoms with Crippen LogP contribution in [-0.4, -0.2) is 0 Å². The van der Waals surface area contributed by atoms with Crippen LogP contribution in [0.1, 0.15) is 48.0 Å². The second kappa shape index (κ2) is 3.12. The molecule has 0 N–H and O–H groups in total. The van der Waals surface area contributed by atoms with Gasteiger partial charge in [0.25, 0.3) is 0 Å². The maximum Gasteiger partial charge on any atom is -0.0191 e. The summed E-state index contributed by atoms with van der Waals surface area (Å²) in [4.78, 5) is 0. The van der Waals surface area contributed by atoms with Crippen molar-refractivity contribution < 1.29 is 0 Å². The van der Waals surface area contributed by atoms with Crippen molar-refractivity contribution in [1.29, 1.82) is 0 Å². The van der Waals surface area contributed by atoms with Crippen molar-refractivity contribution in [3.8, 4) is 0 Å². The van der Waals surface area contributed by atoms with Crippen LogP contribution in [0.15, 0.2) is 12.2 Å². The fourth-order valence-electron chi connectivity index (χ4n) is 4.18. The topological polar surface area (TPSA) is 0 Å². The molecule has 2 aliphatic carbocycles. The van der Waals surface area contributed by atoms with Crippen molar-refractivity contribution in [3.05, 3.63) is 12.2 Å². The minimum Gasteiger partial charge on any atom is -0.0848 e. The fraction of sp³-hybridized carbons (Fsp3) is 0.867. The molecule has 0 aromatic carbocycles. The van der Waals surface area contributed by atoms with Gasteiger partial charge in [-0.25, -0.2) is 0 Å². The van der Waals surface area contributed by atoms with Crippen LogP contribution in [0.5, 0.6) is 0 Å². The normalized spacial score (nSPS) is 40.1. The fourth-order valence-corrected chi connectivity index (χ4v) is 4.18. The van der Waals surface area contributed by atoms with Gasteiger partial charge in [-0.1, -0.05) is 53.7 Å². The van der Waals surface area contributed by atoms with Gasteiger partial charge < -0.3 is 0 Å². The summed E-state index contributed by atoms with van der Waals surface area (Å²) in [6.07, 6.45) is 6.40. The summed E-state index contributed by atoms with van der Waals surface area (Å²) in [5, 5.41) is 0. The molecule has 0 aliphatic heterocycles. The van der Waals surface area contributed by atoms with Crippen molar-refractivity contribution in [2.45, 2.75) is 48.0 Å². The molecule has 1 saturated carbocycles. The van der Waals surface area contributed by atoms with Crippen LogP contribution in [0.4, 0.5) is 0 Å². The van der Waals surface area contributed by atoms with Gasteiger partial charge in [0, 0.05) is 0 Å². The zero-order valence-corrected chi connectivity index (χ0v) is 11.2. The van der Waals surface area contributed by atoms with Gasteiger partial charge in [0.15, 0.2) is 0 Å². The molecule has 86 valence electrons. The summed E-state index contributed by atoms with van der Waals surface area (Å²) >= 11 is 0. The average molecular weight is 206 g/mol.